The fraction of sp³-hybridized carbons (Fsp3) is 0.409. The third kappa shape index (κ3) is 5.27. The van der Waals surface area contributed by atoms with E-state index >= 15 is 0 Å². The number of carbonyl (C=O) groups is 1. The van der Waals surface area contributed by atoms with Crippen molar-refractivity contribution in [3.63, 3.8) is 0 Å². The number of halogens is 3. The maximum absolute atomic E-state index is 12.8. The van der Waals surface area contributed by atoms with Crippen LogP contribution < -0.4 is 4.72 Å². The van der Waals surface area contributed by atoms with Crippen LogP contribution in [-0.4, -0.2) is 25.8 Å². The predicted octanol–water partition coefficient (Wildman–Crippen LogP) is 4.29. The molecule has 5 nitrogen and oxygen atoms in total. The Kier molecular flexibility index (Phi) is 6.48. The van der Waals surface area contributed by atoms with E-state index in [9.17, 15) is 26.4 Å². The average Bonchev–Trinajstić information content (AvgIpc) is 2.71. The molecule has 1 aliphatic rings. The third-order valence-corrected chi connectivity index (χ3v) is 6.91. The van der Waals surface area contributed by atoms with Crippen LogP contribution in [0, 0.1) is 5.92 Å². The molecule has 0 unspecified atom stereocenters. The summed E-state index contributed by atoms with van der Waals surface area (Å²) >= 11 is 0. The fourth-order valence-electron chi connectivity index (χ4n) is 3.58. The number of hydrogen-bond acceptors (Lipinski definition) is 3. The number of benzene rings is 2. The van der Waals surface area contributed by atoms with Crippen molar-refractivity contribution >= 4 is 15.9 Å². The zero-order valence-electron chi connectivity index (χ0n) is 17.5. The molecule has 0 spiro atoms. The lowest BCUT2D eigenvalue weighted by Crippen LogP contribution is -2.38. The van der Waals surface area contributed by atoms with Gasteiger partial charge in [-0.2, -0.15) is 13.2 Å². The summed E-state index contributed by atoms with van der Waals surface area (Å²) in [5.41, 5.74) is 1.43. The Bertz CT molecular complexity index is 1060. The van der Waals surface area contributed by atoms with Crippen LogP contribution in [-0.2, 0) is 34.0 Å². The molecule has 9 heteroatoms. The van der Waals surface area contributed by atoms with Gasteiger partial charge in [0, 0.05) is 25.0 Å². The molecule has 1 aliphatic heterocycles. The zero-order valence-corrected chi connectivity index (χ0v) is 18.3. The number of hydrogen-bond donors (Lipinski definition) is 1. The first-order valence-corrected chi connectivity index (χ1v) is 11.5. The third-order valence-electron chi connectivity index (χ3n) is 5.38. The van der Waals surface area contributed by atoms with Crippen LogP contribution in [0.5, 0.6) is 0 Å². The van der Waals surface area contributed by atoms with Crippen molar-refractivity contribution in [1.29, 1.82) is 0 Å². The number of alkyl halides is 3. The van der Waals surface area contributed by atoms with E-state index in [1.807, 2.05) is 13.8 Å². The summed E-state index contributed by atoms with van der Waals surface area (Å²) in [4.78, 5) is 14.1. The lowest BCUT2D eigenvalue weighted by molar-refractivity contribution is -0.137. The molecule has 168 valence electrons. The summed E-state index contributed by atoms with van der Waals surface area (Å²) < 4.78 is 66.4. The van der Waals surface area contributed by atoms with Gasteiger partial charge in [0.2, 0.25) is 15.9 Å². The standard InChI is InChI=1S/C22H25F3N2O3S/c1-14(2)21(28)27-11-10-17-12-20(9-6-18(17)13-27)31(29,30)26-15(3)16-4-7-19(8-5-16)22(23,24)25/h4-9,12,14-15,26H,10-11,13H2,1-3H3/t15-/m0/s1. The Morgan fingerprint density at radius 2 is 1.68 bits per heavy atom. The summed E-state index contributed by atoms with van der Waals surface area (Å²) in [5.74, 6) is -0.0357. The van der Waals surface area contributed by atoms with Gasteiger partial charge >= 0.3 is 6.18 Å². The Hall–Kier alpha value is -2.39. The van der Waals surface area contributed by atoms with Crippen molar-refractivity contribution in [1.82, 2.24) is 9.62 Å². The quantitative estimate of drug-likeness (QED) is 0.733. The van der Waals surface area contributed by atoms with Gasteiger partial charge in [-0.05, 0) is 54.3 Å². The Labute approximate surface area is 180 Å². The number of carbonyl (C=O) groups excluding carboxylic acids is 1. The van der Waals surface area contributed by atoms with E-state index in [2.05, 4.69) is 4.72 Å². The largest absolute Gasteiger partial charge is 0.416 e. The van der Waals surface area contributed by atoms with Crippen LogP contribution in [0.2, 0.25) is 0 Å². The van der Waals surface area contributed by atoms with Crippen LogP contribution in [0.15, 0.2) is 47.4 Å². The van der Waals surface area contributed by atoms with Crippen molar-refractivity contribution in [2.75, 3.05) is 6.54 Å². The Morgan fingerprint density at radius 1 is 1.03 bits per heavy atom. The highest BCUT2D eigenvalue weighted by molar-refractivity contribution is 7.89. The normalized spacial score (nSPS) is 15.6. The smallest absolute Gasteiger partial charge is 0.338 e. The minimum atomic E-state index is -4.44. The van der Waals surface area contributed by atoms with E-state index in [4.69, 9.17) is 0 Å². The molecule has 0 aromatic heterocycles. The molecule has 0 bridgehead atoms. The monoisotopic (exact) mass is 454 g/mol. The molecule has 31 heavy (non-hydrogen) atoms. The molecule has 2 aromatic carbocycles. The molecule has 3 rings (SSSR count). The molecular formula is C22H25F3N2O3S. The van der Waals surface area contributed by atoms with Crippen LogP contribution in [0.25, 0.3) is 0 Å². The van der Waals surface area contributed by atoms with Crippen LogP contribution in [0.1, 0.15) is 49.1 Å². The molecule has 2 aromatic rings. The van der Waals surface area contributed by atoms with E-state index in [-0.39, 0.29) is 16.7 Å². The lowest BCUT2D eigenvalue weighted by Gasteiger charge is -2.30. The van der Waals surface area contributed by atoms with Crippen molar-refractivity contribution < 1.29 is 26.4 Å². The van der Waals surface area contributed by atoms with Crippen LogP contribution in [0.3, 0.4) is 0 Å². The van der Waals surface area contributed by atoms with Crippen LogP contribution in [0.4, 0.5) is 13.2 Å². The number of fused-ring (bicyclic) bond motifs is 1. The second-order valence-corrected chi connectivity index (χ2v) is 9.77. The van der Waals surface area contributed by atoms with Crippen molar-refractivity contribution in [3.05, 3.63) is 64.7 Å². The minimum Gasteiger partial charge on any atom is -0.338 e. The highest BCUT2D eigenvalue weighted by Gasteiger charge is 2.30. The average molecular weight is 455 g/mol. The van der Waals surface area contributed by atoms with Crippen LogP contribution >= 0.6 is 0 Å². The molecule has 1 heterocycles. The maximum Gasteiger partial charge on any atom is 0.416 e. The number of sulfonamides is 1. The first kappa shape index (κ1) is 23.3. The summed E-state index contributed by atoms with van der Waals surface area (Å²) in [7, 11) is -3.88. The molecule has 0 radical (unpaired) electrons. The second-order valence-electron chi connectivity index (χ2n) is 8.06. The molecule has 0 aliphatic carbocycles. The maximum atomic E-state index is 12.8. The SMILES string of the molecule is CC(C)C(=O)N1CCc2cc(S(=O)(=O)N[C@@H](C)c3ccc(C(F)(F)F)cc3)ccc2C1. The molecule has 0 saturated carbocycles. The highest BCUT2D eigenvalue weighted by atomic mass is 32.2. The van der Waals surface area contributed by atoms with Gasteiger partial charge in [0.15, 0.2) is 0 Å². The number of nitrogens with one attached hydrogen (secondary N) is 1. The van der Waals surface area contributed by atoms with E-state index in [0.717, 1.165) is 23.3 Å². The van der Waals surface area contributed by atoms with Crippen molar-refractivity contribution in [2.45, 2.75) is 50.9 Å². The van der Waals surface area contributed by atoms with Crippen molar-refractivity contribution in [3.8, 4) is 0 Å². The molecule has 1 amide bonds. The number of amides is 1. The van der Waals surface area contributed by atoms with Gasteiger partial charge in [0.1, 0.15) is 0 Å². The highest BCUT2D eigenvalue weighted by Crippen LogP contribution is 2.30. The minimum absolute atomic E-state index is 0.0642. The summed E-state index contributed by atoms with van der Waals surface area (Å²) in [6, 6.07) is 8.51. The topological polar surface area (TPSA) is 66.5 Å². The van der Waals surface area contributed by atoms with E-state index < -0.39 is 27.8 Å². The Morgan fingerprint density at radius 3 is 2.26 bits per heavy atom. The molecule has 0 fully saturated rings. The summed E-state index contributed by atoms with van der Waals surface area (Å²) in [6.07, 6.45) is -3.88. The molecule has 0 saturated heterocycles. The van der Waals surface area contributed by atoms with Gasteiger partial charge in [0.05, 0.1) is 10.5 Å². The van der Waals surface area contributed by atoms with E-state index in [0.29, 0.717) is 25.1 Å². The summed E-state index contributed by atoms with van der Waals surface area (Å²) in [6.45, 7) is 6.24. The predicted molar refractivity (Wildman–Crippen MR) is 111 cm³/mol. The molecule has 1 atom stereocenters. The molecule has 1 N–H and O–H groups in total. The summed E-state index contributed by atoms with van der Waals surface area (Å²) in [5, 5.41) is 0. The van der Waals surface area contributed by atoms with E-state index in [1.165, 1.54) is 18.2 Å². The lowest BCUT2D eigenvalue weighted by atomic mass is 9.99. The molecular weight excluding hydrogens is 429 g/mol. The van der Waals surface area contributed by atoms with Crippen molar-refractivity contribution in [2.24, 2.45) is 5.92 Å². The van der Waals surface area contributed by atoms with Gasteiger partial charge in [-0.15, -0.1) is 0 Å². The Balaban J connectivity index is 1.75. The van der Waals surface area contributed by atoms with Gasteiger partial charge in [-0.3, -0.25) is 4.79 Å². The number of nitrogens with zero attached hydrogens (tertiary/aromatic N) is 1. The zero-order chi connectivity index (χ0) is 23.0. The van der Waals surface area contributed by atoms with Gasteiger partial charge < -0.3 is 4.90 Å². The second kappa shape index (κ2) is 8.63. The van der Waals surface area contributed by atoms with Gasteiger partial charge in [-0.25, -0.2) is 13.1 Å². The number of rotatable bonds is 5. The first-order valence-electron chi connectivity index (χ1n) is 9.98. The van der Waals surface area contributed by atoms with Gasteiger partial charge in [-0.1, -0.05) is 32.0 Å². The first-order chi connectivity index (χ1) is 14.4. The van der Waals surface area contributed by atoms with Gasteiger partial charge in [0.25, 0.3) is 0 Å². The fourth-order valence-corrected chi connectivity index (χ4v) is 4.86. The van der Waals surface area contributed by atoms with E-state index in [1.54, 1.807) is 24.0 Å².